The standard InChI is InChI=1S/C20H30N2O3/c1-14(2)12-18(19(23)21-10-7-11-25-15(3)4)22-13-16-8-5-6-9-17(16)20(22)24/h5-6,8-9,14-15,18H,7,10-13H2,1-4H3,(H,21,23)/t18-/m1/s1. The molecular formula is C20H30N2O3. The minimum absolute atomic E-state index is 0.0421. The lowest BCUT2D eigenvalue weighted by atomic mass is 10.0. The lowest BCUT2D eigenvalue weighted by Crippen LogP contribution is -2.48. The van der Waals surface area contributed by atoms with Crippen LogP contribution in [0.2, 0.25) is 0 Å². The van der Waals surface area contributed by atoms with Gasteiger partial charge in [0.2, 0.25) is 5.91 Å². The van der Waals surface area contributed by atoms with Gasteiger partial charge >= 0.3 is 0 Å². The van der Waals surface area contributed by atoms with Crippen molar-refractivity contribution in [1.82, 2.24) is 10.2 Å². The second-order valence-electron chi connectivity index (χ2n) is 7.30. The second kappa shape index (κ2) is 8.99. The lowest BCUT2D eigenvalue weighted by molar-refractivity contribution is -0.126. The molecule has 25 heavy (non-hydrogen) atoms. The number of hydrogen-bond acceptors (Lipinski definition) is 3. The highest BCUT2D eigenvalue weighted by molar-refractivity contribution is 6.01. The van der Waals surface area contributed by atoms with E-state index in [4.69, 9.17) is 4.74 Å². The first-order valence-corrected chi connectivity index (χ1v) is 9.18. The summed E-state index contributed by atoms with van der Waals surface area (Å²) in [5.41, 5.74) is 1.72. The summed E-state index contributed by atoms with van der Waals surface area (Å²) in [7, 11) is 0. The topological polar surface area (TPSA) is 58.6 Å². The number of amides is 2. The molecule has 0 saturated carbocycles. The van der Waals surface area contributed by atoms with Crippen LogP contribution < -0.4 is 5.32 Å². The molecule has 0 fully saturated rings. The number of fused-ring (bicyclic) bond motifs is 1. The van der Waals surface area contributed by atoms with E-state index in [1.807, 2.05) is 38.1 Å². The van der Waals surface area contributed by atoms with Crippen LogP contribution >= 0.6 is 0 Å². The number of benzene rings is 1. The summed E-state index contributed by atoms with van der Waals surface area (Å²) in [6.45, 7) is 9.84. The highest BCUT2D eigenvalue weighted by atomic mass is 16.5. The summed E-state index contributed by atoms with van der Waals surface area (Å²) >= 11 is 0. The van der Waals surface area contributed by atoms with Gasteiger partial charge in [-0.15, -0.1) is 0 Å². The second-order valence-corrected chi connectivity index (χ2v) is 7.30. The van der Waals surface area contributed by atoms with Crippen LogP contribution in [0.1, 0.15) is 56.5 Å². The summed E-state index contributed by atoms with van der Waals surface area (Å²) in [5.74, 6) is 0.218. The fourth-order valence-corrected chi connectivity index (χ4v) is 3.07. The molecule has 0 aromatic heterocycles. The molecule has 2 amide bonds. The first-order valence-electron chi connectivity index (χ1n) is 9.18. The van der Waals surface area contributed by atoms with Crippen LogP contribution in [0, 0.1) is 5.92 Å². The fourth-order valence-electron chi connectivity index (χ4n) is 3.07. The van der Waals surface area contributed by atoms with Crippen LogP contribution in [-0.4, -0.2) is 42.0 Å². The normalized spacial score (nSPS) is 15.0. The van der Waals surface area contributed by atoms with Crippen LogP contribution in [0.3, 0.4) is 0 Å². The zero-order chi connectivity index (χ0) is 18.4. The smallest absolute Gasteiger partial charge is 0.255 e. The third-order valence-corrected chi connectivity index (χ3v) is 4.29. The predicted octanol–water partition coefficient (Wildman–Crippen LogP) is 2.99. The van der Waals surface area contributed by atoms with Gasteiger partial charge < -0.3 is 15.0 Å². The van der Waals surface area contributed by atoms with Crippen LogP contribution in [0.25, 0.3) is 0 Å². The minimum Gasteiger partial charge on any atom is -0.379 e. The predicted molar refractivity (Wildman–Crippen MR) is 98.3 cm³/mol. The van der Waals surface area contributed by atoms with Crippen molar-refractivity contribution in [1.29, 1.82) is 0 Å². The molecule has 1 atom stereocenters. The molecule has 2 rings (SSSR count). The summed E-state index contributed by atoms with van der Waals surface area (Å²) in [4.78, 5) is 27.1. The van der Waals surface area contributed by atoms with Crippen molar-refractivity contribution in [2.75, 3.05) is 13.2 Å². The van der Waals surface area contributed by atoms with E-state index >= 15 is 0 Å². The van der Waals surface area contributed by atoms with Crippen molar-refractivity contribution in [3.8, 4) is 0 Å². The van der Waals surface area contributed by atoms with Crippen molar-refractivity contribution < 1.29 is 14.3 Å². The molecule has 0 spiro atoms. The fraction of sp³-hybridized carbons (Fsp3) is 0.600. The number of carbonyl (C=O) groups is 2. The monoisotopic (exact) mass is 346 g/mol. The van der Waals surface area contributed by atoms with E-state index in [0.29, 0.717) is 32.0 Å². The summed E-state index contributed by atoms with van der Waals surface area (Å²) < 4.78 is 5.49. The van der Waals surface area contributed by atoms with Gasteiger partial charge in [-0.3, -0.25) is 9.59 Å². The van der Waals surface area contributed by atoms with Crippen LogP contribution in [0.4, 0.5) is 0 Å². The van der Waals surface area contributed by atoms with E-state index in [0.717, 1.165) is 17.5 Å². The number of rotatable bonds is 9. The third-order valence-electron chi connectivity index (χ3n) is 4.29. The first-order chi connectivity index (χ1) is 11.9. The molecule has 0 saturated heterocycles. The Morgan fingerprint density at radius 1 is 1.24 bits per heavy atom. The van der Waals surface area contributed by atoms with E-state index in [2.05, 4.69) is 19.2 Å². The molecule has 1 aromatic carbocycles. The first kappa shape index (κ1) is 19.4. The largest absolute Gasteiger partial charge is 0.379 e. The van der Waals surface area contributed by atoms with Crippen LogP contribution in [-0.2, 0) is 16.1 Å². The number of nitrogens with one attached hydrogen (secondary N) is 1. The van der Waals surface area contributed by atoms with Gasteiger partial charge in [-0.2, -0.15) is 0 Å². The maximum Gasteiger partial charge on any atom is 0.255 e. The van der Waals surface area contributed by atoms with Gasteiger partial charge in [0.15, 0.2) is 0 Å². The zero-order valence-corrected chi connectivity index (χ0v) is 15.7. The summed E-state index contributed by atoms with van der Waals surface area (Å²) in [6, 6.07) is 7.17. The molecule has 0 bridgehead atoms. The minimum atomic E-state index is -0.425. The summed E-state index contributed by atoms with van der Waals surface area (Å²) in [6.07, 6.45) is 1.63. The van der Waals surface area contributed by atoms with Crippen LogP contribution in [0.5, 0.6) is 0 Å². The van der Waals surface area contributed by atoms with E-state index < -0.39 is 6.04 Å². The SMILES string of the molecule is CC(C)C[C@H](C(=O)NCCCOC(C)C)N1Cc2ccccc2C1=O. The molecule has 5 heteroatoms. The Hall–Kier alpha value is -1.88. The zero-order valence-electron chi connectivity index (χ0n) is 15.7. The highest BCUT2D eigenvalue weighted by Crippen LogP contribution is 2.26. The average molecular weight is 346 g/mol. The van der Waals surface area contributed by atoms with Gasteiger partial charge in [-0.05, 0) is 44.2 Å². The Labute approximate surface area is 150 Å². The highest BCUT2D eigenvalue weighted by Gasteiger charge is 2.36. The quantitative estimate of drug-likeness (QED) is 0.699. The Bertz CT molecular complexity index is 598. The molecule has 0 radical (unpaired) electrons. The Balaban J connectivity index is 1.97. The molecule has 1 heterocycles. The molecule has 5 nitrogen and oxygen atoms in total. The number of hydrogen-bond donors (Lipinski definition) is 1. The maximum absolute atomic E-state index is 12.7. The van der Waals surface area contributed by atoms with Crippen molar-refractivity contribution in [3.63, 3.8) is 0 Å². The van der Waals surface area contributed by atoms with Crippen molar-refractivity contribution in [3.05, 3.63) is 35.4 Å². The van der Waals surface area contributed by atoms with E-state index in [1.165, 1.54) is 0 Å². The molecular weight excluding hydrogens is 316 g/mol. The van der Waals surface area contributed by atoms with E-state index in [-0.39, 0.29) is 17.9 Å². The molecule has 138 valence electrons. The van der Waals surface area contributed by atoms with Gasteiger partial charge in [-0.1, -0.05) is 32.0 Å². The Morgan fingerprint density at radius 3 is 2.60 bits per heavy atom. The number of ether oxygens (including phenoxy) is 1. The van der Waals surface area contributed by atoms with E-state index in [1.54, 1.807) is 4.90 Å². The van der Waals surface area contributed by atoms with Gasteiger partial charge in [0.05, 0.1) is 6.10 Å². The molecule has 0 unspecified atom stereocenters. The number of carbonyl (C=O) groups excluding carboxylic acids is 2. The van der Waals surface area contributed by atoms with Crippen molar-refractivity contribution >= 4 is 11.8 Å². The average Bonchev–Trinajstić information content (AvgIpc) is 2.89. The molecule has 1 aliphatic heterocycles. The van der Waals surface area contributed by atoms with Gasteiger partial charge in [0.1, 0.15) is 6.04 Å². The van der Waals surface area contributed by atoms with Gasteiger partial charge in [-0.25, -0.2) is 0 Å². The summed E-state index contributed by atoms with van der Waals surface area (Å²) in [5, 5.41) is 2.97. The van der Waals surface area contributed by atoms with Crippen LogP contribution in [0.15, 0.2) is 24.3 Å². The van der Waals surface area contributed by atoms with E-state index in [9.17, 15) is 9.59 Å². The van der Waals surface area contributed by atoms with Crippen molar-refractivity contribution in [2.24, 2.45) is 5.92 Å². The van der Waals surface area contributed by atoms with Crippen molar-refractivity contribution in [2.45, 2.75) is 59.2 Å². The Morgan fingerprint density at radius 2 is 1.96 bits per heavy atom. The lowest BCUT2D eigenvalue weighted by Gasteiger charge is -2.28. The van der Waals surface area contributed by atoms with Gasteiger partial charge in [0.25, 0.3) is 5.91 Å². The molecule has 1 N–H and O–H groups in total. The van der Waals surface area contributed by atoms with Gasteiger partial charge in [0, 0.05) is 25.3 Å². The number of nitrogens with zero attached hydrogens (tertiary/aromatic N) is 1. The molecule has 1 aliphatic rings. The Kier molecular flexibility index (Phi) is 7.00. The molecule has 0 aliphatic carbocycles. The third kappa shape index (κ3) is 5.30. The maximum atomic E-state index is 12.7. The molecule has 1 aromatic rings.